The summed E-state index contributed by atoms with van der Waals surface area (Å²) in [4.78, 5) is 22.3. The molecule has 1 aliphatic carbocycles. The highest BCUT2D eigenvalue weighted by Crippen LogP contribution is 2.23. The van der Waals surface area contributed by atoms with Crippen LogP contribution in [0.15, 0.2) is 24.3 Å². The van der Waals surface area contributed by atoms with Gasteiger partial charge in [0.05, 0.1) is 10.8 Å². The normalized spacial score (nSPS) is 22.2. The number of nitrogens with zero attached hydrogens (tertiary/aromatic N) is 1. The van der Waals surface area contributed by atoms with Crippen molar-refractivity contribution >= 4 is 11.6 Å². The molecular weight excluding hydrogens is 258 g/mol. The van der Waals surface area contributed by atoms with Gasteiger partial charge in [0.15, 0.2) is 0 Å². The molecule has 3 N–H and O–H groups in total. The summed E-state index contributed by atoms with van der Waals surface area (Å²) in [6, 6.07) is 6.21. The highest BCUT2D eigenvalue weighted by atomic mass is 16.6. The SMILES string of the molecule is NC1CCCCC1C(=O)NCc1cccc([N+](=O)[O-])c1. The number of nitro benzene ring substituents is 1. The largest absolute Gasteiger partial charge is 0.352 e. The van der Waals surface area contributed by atoms with Crippen LogP contribution in [0.4, 0.5) is 5.69 Å². The molecule has 2 rings (SSSR count). The molecule has 108 valence electrons. The van der Waals surface area contributed by atoms with Crippen molar-refractivity contribution in [1.82, 2.24) is 5.32 Å². The Morgan fingerprint density at radius 3 is 2.85 bits per heavy atom. The van der Waals surface area contributed by atoms with Crippen LogP contribution in [-0.4, -0.2) is 16.9 Å². The van der Waals surface area contributed by atoms with Crippen LogP contribution in [0.25, 0.3) is 0 Å². The van der Waals surface area contributed by atoms with Gasteiger partial charge in [0, 0.05) is 24.7 Å². The zero-order chi connectivity index (χ0) is 14.5. The summed E-state index contributed by atoms with van der Waals surface area (Å²) in [6.07, 6.45) is 3.81. The fourth-order valence-corrected chi connectivity index (χ4v) is 2.59. The summed E-state index contributed by atoms with van der Waals surface area (Å²) in [7, 11) is 0. The zero-order valence-corrected chi connectivity index (χ0v) is 11.2. The summed E-state index contributed by atoms with van der Waals surface area (Å²) >= 11 is 0. The fraction of sp³-hybridized carbons (Fsp3) is 0.500. The number of carbonyl (C=O) groups is 1. The van der Waals surface area contributed by atoms with Gasteiger partial charge >= 0.3 is 0 Å². The van der Waals surface area contributed by atoms with Crippen molar-refractivity contribution in [2.24, 2.45) is 11.7 Å². The molecule has 2 atom stereocenters. The molecule has 0 radical (unpaired) electrons. The standard InChI is InChI=1S/C14H19N3O3/c15-13-7-2-1-6-12(13)14(18)16-9-10-4-3-5-11(8-10)17(19)20/h3-5,8,12-13H,1-2,6-7,9,15H2,(H,16,18). The predicted octanol–water partition coefficient (Wildman–Crippen LogP) is 1.73. The molecule has 0 spiro atoms. The molecule has 0 saturated heterocycles. The van der Waals surface area contributed by atoms with E-state index < -0.39 is 4.92 Å². The van der Waals surface area contributed by atoms with Gasteiger partial charge in [0.2, 0.25) is 5.91 Å². The molecule has 1 aromatic rings. The van der Waals surface area contributed by atoms with E-state index in [1.807, 2.05) is 0 Å². The summed E-state index contributed by atoms with van der Waals surface area (Å²) in [5.41, 5.74) is 6.72. The smallest absolute Gasteiger partial charge is 0.269 e. The van der Waals surface area contributed by atoms with Gasteiger partial charge in [-0.3, -0.25) is 14.9 Å². The maximum absolute atomic E-state index is 12.1. The van der Waals surface area contributed by atoms with E-state index in [4.69, 9.17) is 5.73 Å². The number of nitrogens with one attached hydrogen (secondary N) is 1. The molecule has 0 heterocycles. The van der Waals surface area contributed by atoms with Crippen molar-refractivity contribution in [2.45, 2.75) is 38.3 Å². The number of non-ortho nitro benzene ring substituents is 1. The molecule has 0 aliphatic heterocycles. The van der Waals surface area contributed by atoms with Crippen LogP contribution >= 0.6 is 0 Å². The first kappa shape index (κ1) is 14.5. The zero-order valence-electron chi connectivity index (χ0n) is 11.2. The van der Waals surface area contributed by atoms with E-state index in [1.54, 1.807) is 12.1 Å². The van der Waals surface area contributed by atoms with E-state index in [0.717, 1.165) is 31.2 Å². The van der Waals surface area contributed by atoms with Gasteiger partial charge < -0.3 is 11.1 Å². The summed E-state index contributed by atoms with van der Waals surface area (Å²) in [5.74, 6) is -0.189. The van der Waals surface area contributed by atoms with Gasteiger partial charge in [0.1, 0.15) is 0 Å². The first-order valence-electron chi connectivity index (χ1n) is 6.84. The van der Waals surface area contributed by atoms with Gasteiger partial charge in [-0.25, -0.2) is 0 Å². The van der Waals surface area contributed by atoms with E-state index in [-0.39, 0.29) is 23.6 Å². The van der Waals surface area contributed by atoms with Crippen molar-refractivity contribution < 1.29 is 9.72 Å². The lowest BCUT2D eigenvalue weighted by Crippen LogP contribution is -2.43. The highest BCUT2D eigenvalue weighted by Gasteiger charge is 2.27. The lowest BCUT2D eigenvalue weighted by atomic mass is 9.84. The monoisotopic (exact) mass is 277 g/mol. The van der Waals surface area contributed by atoms with E-state index >= 15 is 0 Å². The summed E-state index contributed by atoms with van der Waals surface area (Å²) in [5, 5.41) is 13.5. The van der Waals surface area contributed by atoms with Crippen LogP contribution in [0.2, 0.25) is 0 Å². The highest BCUT2D eigenvalue weighted by molar-refractivity contribution is 5.79. The molecule has 0 aromatic heterocycles. The van der Waals surface area contributed by atoms with Crippen molar-refractivity contribution in [3.63, 3.8) is 0 Å². The van der Waals surface area contributed by atoms with E-state index in [2.05, 4.69) is 5.32 Å². The van der Waals surface area contributed by atoms with Crippen LogP contribution in [0.1, 0.15) is 31.2 Å². The van der Waals surface area contributed by atoms with Gasteiger partial charge in [0.25, 0.3) is 5.69 Å². The number of hydrogen-bond donors (Lipinski definition) is 2. The van der Waals surface area contributed by atoms with E-state index in [9.17, 15) is 14.9 Å². The second-order valence-corrected chi connectivity index (χ2v) is 5.20. The molecule has 0 bridgehead atoms. The molecule has 1 aliphatic rings. The van der Waals surface area contributed by atoms with Crippen LogP contribution in [0, 0.1) is 16.0 Å². The Hall–Kier alpha value is -1.95. The minimum atomic E-state index is -0.442. The summed E-state index contributed by atoms with van der Waals surface area (Å²) < 4.78 is 0. The lowest BCUT2D eigenvalue weighted by Gasteiger charge is -2.27. The predicted molar refractivity (Wildman–Crippen MR) is 74.9 cm³/mol. The minimum Gasteiger partial charge on any atom is -0.352 e. The van der Waals surface area contributed by atoms with Crippen molar-refractivity contribution in [3.05, 3.63) is 39.9 Å². The number of nitro groups is 1. The van der Waals surface area contributed by atoms with Crippen LogP contribution < -0.4 is 11.1 Å². The summed E-state index contributed by atoms with van der Waals surface area (Å²) in [6.45, 7) is 0.295. The second kappa shape index (κ2) is 6.47. The van der Waals surface area contributed by atoms with Gasteiger partial charge in [-0.2, -0.15) is 0 Å². The Bertz CT molecular complexity index is 504. The second-order valence-electron chi connectivity index (χ2n) is 5.20. The Morgan fingerprint density at radius 2 is 2.15 bits per heavy atom. The van der Waals surface area contributed by atoms with E-state index in [0.29, 0.717) is 6.54 Å². The average molecular weight is 277 g/mol. The van der Waals surface area contributed by atoms with Gasteiger partial charge in [-0.1, -0.05) is 25.0 Å². The van der Waals surface area contributed by atoms with Crippen molar-refractivity contribution in [2.75, 3.05) is 0 Å². The third kappa shape index (κ3) is 3.54. The minimum absolute atomic E-state index is 0.0334. The third-order valence-corrected chi connectivity index (χ3v) is 3.74. The quantitative estimate of drug-likeness (QED) is 0.646. The number of benzene rings is 1. The topological polar surface area (TPSA) is 98.3 Å². The van der Waals surface area contributed by atoms with Crippen molar-refractivity contribution in [1.29, 1.82) is 0 Å². The number of nitrogens with two attached hydrogens (primary N) is 1. The molecule has 1 amide bonds. The molecule has 1 fully saturated rings. The van der Waals surface area contributed by atoms with Crippen LogP contribution in [-0.2, 0) is 11.3 Å². The Labute approximate surface area is 117 Å². The Kier molecular flexibility index (Phi) is 4.68. The third-order valence-electron chi connectivity index (χ3n) is 3.74. The van der Waals surface area contributed by atoms with Gasteiger partial charge in [-0.05, 0) is 18.4 Å². The molecule has 1 saturated carbocycles. The lowest BCUT2D eigenvalue weighted by molar-refractivity contribution is -0.384. The fourth-order valence-electron chi connectivity index (χ4n) is 2.59. The Balaban J connectivity index is 1.92. The number of hydrogen-bond acceptors (Lipinski definition) is 4. The average Bonchev–Trinajstić information content (AvgIpc) is 2.45. The van der Waals surface area contributed by atoms with Crippen LogP contribution in [0.5, 0.6) is 0 Å². The molecule has 6 heteroatoms. The number of amides is 1. The van der Waals surface area contributed by atoms with Crippen molar-refractivity contribution in [3.8, 4) is 0 Å². The molecule has 20 heavy (non-hydrogen) atoms. The number of rotatable bonds is 4. The molecule has 1 aromatic carbocycles. The maximum Gasteiger partial charge on any atom is 0.269 e. The Morgan fingerprint density at radius 1 is 1.40 bits per heavy atom. The van der Waals surface area contributed by atoms with Crippen LogP contribution in [0.3, 0.4) is 0 Å². The molecule has 2 unspecified atom stereocenters. The van der Waals surface area contributed by atoms with E-state index in [1.165, 1.54) is 12.1 Å². The first-order chi connectivity index (χ1) is 9.58. The molecule has 6 nitrogen and oxygen atoms in total. The first-order valence-corrected chi connectivity index (χ1v) is 6.84. The molecular formula is C14H19N3O3. The van der Waals surface area contributed by atoms with Gasteiger partial charge in [-0.15, -0.1) is 0 Å². The number of carbonyl (C=O) groups excluding carboxylic acids is 1. The maximum atomic E-state index is 12.1.